The van der Waals surface area contributed by atoms with Gasteiger partial charge in [0.05, 0.1) is 5.52 Å². The van der Waals surface area contributed by atoms with Gasteiger partial charge in [-0.2, -0.15) is 5.10 Å². The number of aromatic amines is 1. The van der Waals surface area contributed by atoms with Crippen molar-refractivity contribution >= 4 is 34.3 Å². The molecular formula is C15H11N7S. The lowest BCUT2D eigenvalue weighted by Gasteiger charge is -2.08. The monoisotopic (exact) mass is 321 g/mol. The summed E-state index contributed by atoms with van der Waals surface area (Å²) in [4.78, 5) is 18.0. The van der Waals surface area contributed by atoms with Crippen molar-refractivity contribution < 1.29 is 0 Å². The Balaban J connectivity index is 1.72. The summed E-state index contributed by atoms with van der Waals surface area (Å²) in [6.07, 6.45) is 4.76. The summed E-state index contributed by atoms with van der Waals surface area (Å²) in [5.41, 5.74) is 0.861. The predicted molar refractivity (Wildman–Crippen MR) is 87.6 cm³/mol. The van der Waals surface area contributed by atoms with Crippen LogP contribution in [0.3, 0.4) is 0 Å². The Bertz CT molecular complexity index is 925. The van der Waals surface area contributed by atoms with Gasteiger partial charge in [-0.1, -0.05) is 17.8 Å². The van der Waals surface area contributed by atoms with Crippen LogP contribution in [0.2, 0.25) is 0 Å². The van der Waals surface area contributed by atoms with E-state index in [9.17, 15) is 0 Å². The maximum Gasteiger partial charge on any atom is 0.188 e. The lowest BCUT2D eigenvalue weighted by Crippen LogP contribution is -1.97. The minimum absolute atomic E-state index is 0.716. The first kappa shape index (κ1) is 13.6. The molecule has 0 fully saturated rings. The topological polar surface area (TPSA) is 92.3 Å². The Hall–Kier alpha value is -3.00. The summed E-state index contributed by atoms with van der Waals surface area (Å²) >= 11 is 1.50. The van der Waals surface area contributed by atoms with Crippen LogP contribution in [-0.2, 0) is 0 Å². The second kappa shape index (κ2) is 6.01. The van der Waals surface area contributed by atoms with Crippen LogP contribution in [0.25, 0.3) is 10.9 Å². The van der Waals surface area contributed by atoms with E-state index in [0.29, 0.717) is 5.82 Å². The maximum absolute atomic E-state index is 4.33. The zero-order valence-electron chi connectivity index (χ0n) is 11.8. The van der Waals surface area contributed by atoms with Crippen LogP contribution in [-0.4, -0.2) is 30.1 Å². The highest BCUT2D eigenvalue weighted by Crippen LogP contribution is 2.30. The molecule has 0 bridgehead atoms. The van der Waals surface area contributed by atoms with Crippen molar-refractivity contribution in [3.05, 3.63) is 55.2 Å². The lowest BCUT2D eigenvalue weighted by atomic mass is 10.2. The number of hydrogen-bond donors (Lipinski definition) is 2. The molecule has 1 aromatic carbocycles. The number of aromatic nitrogens is 6. The fourth-order valence-electron chi connectivity index (χ4n) is 2.11. The Kier molecular flexibility index (Phi) is 3.57. The number of H-pyrrole nitrogens is 1. The molecule has 0 radical (unpaired) electrons. The third kappa shape index (κ3) is 2.97. The molecule has 0 aliphatic carbocycles. The average Bonchev–Trinajstić information content (AvgIpc) is 3.09. The fourth-order valence-corrected chi connectivity index (χ4v) is 2.85. The summed E-state index contributed by atoms with van der Waals surface area (Å²) < 4.78 is 0. The first-order valence-electron chi connectivity index (χ1n) is 6.84. The van der Waals surface area contributed by atoms with Crippen molar-refractivity contribution in [1.82, 2.24) is 30.1 Å². The molecule has 8 heteroatoms. The minimum Gasteiger partial charge on any atom is -0.324 e. The lowest BCUT2D eigenvalue weighted by molar-refractivity contribution is 0.973. The number of rotatable bonds is 4. The average molecular weight is 321 g/mol. The van der Waals surface area contributed by atoms with Crippen molar-refractivity contribution in [3.8, 4) is 0 Å². The molecule has 0 aliphatic rings. The number of hydrogen-bond acceptors (Lipinski definition) is 7. The first-order valence-corrected chi connectivity index (χ1v) is 7.66. The second-order valence-electron chi connectivity index (χ2n) is 4.63. The molecule has 0 atom stereocenters. The van der Waals surface area contributed by atoms with E-state index < -0.39 is 0 Å². The molecule has 0 amide bonds. The summed E-state index contributed by atoms with van der Waals surface area (Å²) in [5, 5.41) is 11.6. The van der Waals surface area contributed by atoms with Crippen LogP contribution in [0.5, 0.6) is 0 Å². The summed E-state index contributed by atoms with van der Waals surface area (Å²) in [6.45, 7) is 0. The van der Waals surface area contributed by atoms with E-state index in [4.69, 9.17) is 0 Å². The summed E-state index contributed by atoms with van der Waals surface area (Å²) in [7, 11) is 0. The standard InChI is InChI=1S/C15H11N7S/c1-2-6-16-13(3-1)21-14-11-7-10(23-15-19-9-20-22-15)4-5-12(11)17-8-18-14/h1-9H,(H,19,20,22)(H,16,17,18,21). The third-order valence-electron chi connectivity index (χ3n) is 3.13. The molecule has 3 aromatic heterocycles. The quantitative estimate of drug-likeness (QED) is 0.597. The van der Waals surface area contributed by atoms with Crippen molar-refractivity contribution in [1.29, 1.82) is 0 Å². The van der Waals surface area contributed by atoms with Gasteiger partial charge in [0.2, 0.25) is 0 Å². The van der Waals surface area contributed by atoms with Gasteiger partial charge in [0.1, 0.15) is 24.3 Å². The van der Waals surface area contributed by atoms with Crippen molar-refractivity contribution in [2.45, 2.75) is 10.1 Å². The molecule has 4 rings (SSSR count). The van der Waals surface area contributed by atoms with E-state index in [0.717, 1.165) is 26.8 Å². The molecule has 2 N–H and O–H groups in total. The molecule has 23 heavy (non-hydrogen) atoms. The Morgan fingerprint density at radius 3 is 2.78 bits per heavy atom. The molecule has 7 nitrogen and oxygen atoms in total. The molecule has 0 aliphatic heterocycles. The highest BCUT2D eigenvalue weighted by Gasteiger charge is 2.07. The molecule has 0 saturated carbocycles. The van der Waals surface area contributed by atoms with Gasteiger partial charge in [-0.25, -0.2) is 19.9 Å². The van der Waals surface area contributed by atoms with E-state index >= 15 is 0 Å². The molecule has 112 valence electrons. The zero-order valence-corrected chi connectivity index (χ0v) is 12.7. The van der Waals surface area contributed by atoms with Gasteiger partial charge in [-0.05, 0) is 30.3 Å². The number of nitrogens with zero attached hydrogens (tertiary/aromatic N) is 5. The molecule has 4 aromatic rings. The maximum atomic E-state index is 4.33. The normalized spacial score (nSPS) is 10.8. The Morgan fingerprint density at radius 2 is 1.96 bits per heavy atom. The Labute approximate surface area is 135 Å². The highest BCUT2D eigenvalue weighted by molar-refractivity contribution is 7.99. The number of anilines is 2. The van der Waals surface area contributed by atoms with Crippen molar-refractivity contribution in [3.63, 3.8) is 0 Å². The number of pyridine rings is 1. The van der Waals surface area contributed by atoms with E-state index in [2.05, 4.69) is 35.5 Å². The summed E-state index contributed by atoms with van der Waals surface area (Å²) in [5.74, 6) is 1.45. The van der Waals surface area contributed by atoms with Gasteiger partial charge in [0.25, 0.3) is 0 Å². The largest absolute Gasteiger partial charge is 0.324 e. The fraction of sp³-hybridized carbons (Fsp3) is 0. The molecule has 0 spiro atoms. The van der Waals surface area contributed by atoms with Gasteiger partial charge < -0.3 is 5.32 Å². The molecule has 0 saturated heterocycles. The van der Waals surface area contributed by atoms with E-state index in [1.165, 1.54) is 24.4 Å². The first-order chi connectivity index (χ1) is 11.4. The predicted octanol–water partition coefficient (Wildman–Crippen LogP) is 3.04. The minimum atomic E-state index is 0.716. The molecule has 3 heterocycles. The van der Waals surface area contributed by atoms with Gasteiger partial charge in [0.15, 0.2) is 5.16 Å². The number of nitrogens with one attached hydrogen (secondary N) is 2. The van der Waals surface area contributed by atoms with Crippen LogP contribution in [0.15, 0.2) is 65.3 Å². The zero-order chi connectivity index (χ0) is 15.5. The SMILES string of the molecule is c1ccc(Nc2ncnc3ccc(Sc4ncn[nH]4)cc23)nc1. The number of benzene rings is 1. The smallest absolute Gasteiger partial charge is 0.188 e. The van der Waals surface area contributed by atoms with Gasteiger partial charge in [-0.15, -0.1) is 0 Å². The van der Waals surface area contributed by atoms with Crippen LogP contribution in [0.4, 0.5) is 11.6 Å². The van der Waals surface area contributed by atoms with Gasteiger partial charge >= 0.3 is 0 Å². The van der Waals surface area contributed by atoms with Gasteiger partial charge in [0, 0.05) is 16.5 Å². The second-order valence-corrected chi connectivity index (χ2v) is 5.70. The number of fused-ring (bicyclic) bond motifs is 1. The summed E-state index contributed by atoms with van der Waals surface area (Å²) in [6, 6.07) is 11.7. The van der Waals surface area contributed by atoms with E-state index in [1.54, 1.807) is 6.20 Å². The highest BCUT2D eigenvalue weighted by atomic mass is 32.2. The van der Waals surface area contributed by atoms with Gasteiger partial charge in [-0.3, -0.25) is 5.10 Å². The van der Waals surface area contributed by atoms with Crippen LogP contribution < -0.4 is 5.32 Å². The van der Waals surface area contributed by atoms with Crippen LogP contribution in [0.1, 0.15) is 0 Å². The van der Waals surface area contributed by atoms with E-state index in [1.807, 2.05) is 36.4 Å². The molecule has 0 unspecified atom stereocenters. The van der Waals surface area contributed by atoms with Crippen LogP contribution >= 0.6 is 11.8 Å². The van der Waals surface area contributed by atoms with E-state index in [-0.39, 0.29) is 0 Å². The van der Waals surface area contributed by atoms with Crippen molar-refractivity contribution in [2.75, 3.05) is 5.32 Å². The van der Waals surface area contributed by atoms with Crippen LogP contribution in [0, 0.1) is 0 Å². The van der Waals surface area contributed by atoms with Crippen molar-refractivity contribution in [2.24, 2.45) is 0 Å². The third-order valence-corrected chi connectivity index (χ3v) is 4.01. The Morgan fingerprint density at radius 1 is 0.957 bits per heavy atom. The molecular weight excluding hydrogens is 310 g/mol.